The number of nitrogens with zero attached hydrogens (tertiary/aromatic N) is 3. The number of thiophene rings is 1. The second-order valence-electron chi connectivity index (χ2n) is 9.61. The third-order valence-electron chi connectivity index (χ3n) is 6.68. The Hall–Kier alpha value is -3.50. The molecule has 0 fully saturated rings. The van der Waals surface area contributed by atoms with E-state index in [1.54, 1.807) is 52.8 Å². The van der Waals surface area contributed by atoms with Gasteiger partial charge in [-0.05, 0) is 45.9 Å². The molecule has 2 N–H and O–H groups in total. The minimum absolute atomic E-state index is 0.0585. The van der Waals surface area contributed by atoms with Crippen molar-refractivity contribution in [3.63, 3.8) is 0 Å². The van der Waals surface area contributed by atoms with Gasteiger partial charge in [-0.3, -0.25) is 14.7 Å². The molecule has 0 aliphatic rings. The number of aryl methyl sites for hydroxylation is 1. The molecule has 2 atom stereocenters. The van der Waals surface area contributed by atoms with Crippen LogP contribution in [0.5, 0.6) is 5.75 Å². The molecule has 216 valence electrons. The van der Waals surface area contributed by atoms with Crippen molar-refractivity contribution in [3.05, 3.63) is 61.1 Å². The Balaban J connectivity index is 2.37. The zero-order chi connectivity index (χ0) is 29.6. The summed E-state index contributed by atoms with van der Waals surface area (Å²) < 4.78 is 19.2. The van der Waals surface area contributed by atoms with E-state index in [0.29, 0.717) is 23.4 Å². The standard InChI is InChI=1S/C28H36N4O7S/c1-7-30-26(35)28(4,5)32-23(33)21-17(3)22(25(34)38-8-2)40-24(21)31(27(32)36)16-20(39-15-11-14-29)18-12-9-10-13-19(18)37-6/h9-10,12-13,20,26,30,35H,7-8,11,15-16H2,1-6H3/t20-,26?/m0/s1. The highest BCUT2D eigenvalue weighted by Crippen LogP contribution is 2.33. The molecule has 0 aliphatic carbocycles. The van der Waals surface area contributed by atoms with Gasteiger partial charge in [0.25, 0.3) is 5.56 Å². The Labute approximate surface area is 236 Å². The molecule has 12 heteroatoms. The van der Waals surface area contributed by atoms with Gasteiger partial charge in [-0.1, -0.05) is 25.1 Å². The average molecular weight is 573 g/mol. The molecule has 0 spiro atoms. The summed E-state index contributed by atoms with van der Waals surface area (Å²) in [4.78, 5) is 41.4. The minimum Gasteiger partial charge on any atom is -0.496 e. The number of hydrogen-bond donors (Lipinski definition) is 2. The predicted molar refractivity (Wildman–Crippen MR) is 152 cm³/mol. The molecule has 11 nitrogen and oxygen atoms in total. The first-order valence-corrected chi connectivity index (χ1v) is 13.9. The van der Waals surface area contributed by atoms with Gasteiger partial charge in [-0.15, -0.1) is 11.3 Å². The topological polar surface area (TPSA) is 145 Å². The summed E-state index contributed by atoms with van der Waals surface area (Å²) in [6, 6.07) is 9.23. The average Bonchev–Trinajstić information content (AvgIpc) is 3.27. The fourth-order valence-electron chi connectivity index (χ4n) is 4.56. The molecule has 1 aromatic carbocycles. The van der Waals surface area contributed by atoms with Crippen molar-refractivity contribution in [1.29, 1.82) is 5.26 Å². The lowest BCUT2D eigenvalue weighted by Gasteiger charge is -2.33. The fourth-order valence-corrected chi connectivity index (χ4v) is 5.75. The number of fused-ring (bicyclic) bond motifs is 1. The van der Waals surface area contributed by atoms with Crippen molar-refractivity contribution in [2.24, 2.45) is 0 Å². The van der Waals surface area contributed by atoms with Gasteiger partial charge in [-0.25, -0.2) is 14.2 Å². The number of para-hydroxylation sites is 1. The van der Waals surface area contributed by atoms with Gasteiger partial charge in [0.15, 0.2) is 0 Å². The minimum atomic E-state index is -1.36. The van der Waals surface area contributed by atoms with Gasteiger partial charge in [0.05, 0.1) is 50.3 Å². The lowest BCUT2D eigenvalue weighted by Crippen LogP contribution is -2.58. The molecule has 3 rings (SSSR count). The van der Waals surface area contributed by atoms with Crippen molar-refractivity contribution in [3.8, 4) is 11.8 Å². The van der Waals surface area contributed by atoms with Gasteiger partial charge in [0.2, 0.25) is 0 Å². The third-order valence-corrected chi connectivity index (χ3v) is 7.98. The highest BCUT2D eigenvalue weighted by molar-refractivity contribution is 7.20. The maximum Gasteiger partial charge on any atom is 0.348 e. The van der Waals surface area contributed by atoms with Crippen molar-refractivity contribution in [2.75, 3.05) is 26.9 Å². The summed E-state index contributed by atoms with van der Waals surface area (Å²) in [5.74, 6) is -0.0656. The predicted octanol–water partition coefficient (Wildman–Crippen LogP) is 3.05. The summed E-state index contributed by atoms with van der Waals surface area (Å²) in [6.07, 6.45) is -1.84. The highest BCUT2D eigenvalue weighted by Gasteiger charge is 2.36. The van der Waals surface area contributed by atoms with Crippen LogP contribution >= 0.6 is 11.3 Å². The van der Waals surface area contributed by atoms with E-state index in [9.17, 15) is 19.5 Å². The van der Waals surface area contributed by atoms with Gasteiger partial charge in [0.1, 0.15) is 27.8 Å². The van der Waals surface area contributed by atoms with Crippen LogP contribution in [0.15, 0.2) is 33.9 Å². The summed E-state index contributed by atoms with van der Waals surface area (Å²) in [5.41, 5.74) is -1.63. The van der Waals surface area contributed by atoms with Gasteiger partial charge < -0.3 is 19.3 Å². The summed E-state index contributed by atoms with van der Waals surface area (Å²) in [7, 11) is 1.52. The molecule has 3 aromatic rings. The number of carbonyl (C=O) groups is 1. The van der Waals surface area contributed by atoms with E-state index >= 15 is 0 Å². The van der Waals surface area contributed by atoms with Crippen LogP contribution in [-0.4, -0.2) is 53.3 Å². The number of likely N-dealkylation sites (N-methyl/N-ethyl adjacent to an activating group) is 1. The van der Waals surface area contributed by atoms with Crippen LogP contribution in [0.4, 0.5) is 0 Å². The summed E-state index contributed by atoms with van der Waals surface area (Å²) in [6.45, 7) is 8.90. The van der Waals surface area contributed by atoms with E-state index in [2.05, 4.69) is 5.32 Å². The maximum absolute atomic E-state index is 14.2. The van der Waals surface area contributed by atoms with Crippen molar-refractivity contribution < 1.29 is 24.1 Å². The number of nitrogens with one attached hydrogen (secondary N) is 1. The zero-order valence-electron chi connectivity index (χ0n) is 23.6. The number of nitriles is 1. The van der Waals surface area contributed by atoms with E-state index in [-0.39, 0.29) is 41.3 Å². The quantitative estimate of drug-likeness (QED) is 0.179. The van der Waals surface area contributed by atoms with E-state index in [0.717, 1.165) is 15.9 Å². The number of aromatic nitrogens is 2. The SMILES string of the molecule is CCNC(O)C(C)(C)n1c(=O)c2c(C)c(C(=O)OCC)sc2n(C[C@H](OCCC#N)c2ccccc2OC)c1=O. The van der Waals surface area contributed by atoms with Crippen molar-refractivity contribution in [2.45, 2.75) is 65.5 Å². The first-order valence-electron chi connectivity index (χ1n) is 13.0. The maximum atomic E-state index is 14.2. The Morgan fingerprint density at radius 3 is 2.58 bits per heavy atom. The zero-order valence-corrected chi connectivity index (χ0v) is 24.5. The lowest BCUT2D eigenvalue weighted by atomic mass is 10.0. The molecule has 0 bridgehead atoms. The van der Waals surface area contributed by atoms with Crippen molar-refractivity contribution >= 4 is 27.5 Å². The van der Waals surface area contributed by atoms with Crippen LogP contribution in [-0.2, 0) is 21.6 Å². The molecular weight excluding hydrogens is 536 g/mol. The normalized spacial score (nSPS) is 13.2. The van der Waals surface area contributed by atoms with E-state index in [1.807, 2.05) is 12.1 Å². The molecule has 0 aliphatic heterocycles. The number of carbonyl (C=O) groups excluding carboxylic acids is 1. The number of aliphatic hydroxyl groups is 1. The molecule has 0 saturated carbocycles. The third kappa shape index (κ3) is 5.97. The largest absolute Gasteiger partial charge is 0.496 e. The van der Waals surface area contributed by atoms with Crippen LogP contribution in [0.2, 0.25) is 0 Å². The number of rotatable bonds is 13. The molecule has 2 heterocycles. The first kappa shape index (κ1) is 31.0. The molecular formula is C28H36N4O7S. The number of hydrogen-bond acceptors (Lipinski definition) is 10. The molecule has 0 radical (unpaired) electrons. The van der Waals surface area contributed by atoms with Crippen LogP contribution in [0.1, 0.15) is 61.0 Å². The van der Waals surface area contributed by atoms with Crippen LogP contribution in [0, 0.1) is 18.3 Å². The number of benzene rings is 1. The van der Waals surface area contributed by atoms with Crippen LogP contribution < -0.4 is 21.3 Å². The molecule has 0 saturated heterocycles. The first-order chi connectivity index (χ1) is 19.0. The van der Waals surface area contributed by atoms with Crippen LogP contribution in [0.25, 0.3) is 10.2 Å². The monoisotopic (exact) mass is 572 g/mol. The van der Waals surface area contributed by atoms with E-state index in [4.69, 9.17) is 19.5 Å². The molecule has 2 aromatic heterocycles. The van der Waals surface area contributed by atoms with Gasteiger partial charge in [0, 0.05) is 5.56 Å². The Morgan fingerprint density at radius 1 is 1.25 bits per heavy atom. The van der Waals surface area contributed by atoms with E-state index in [1.165, 1.54) is 11.7 Å². The summed E-state index contributed by atoms with van der Waals surface area (Å²) in [5, 5.41) is 23.0. The van der Waals surface area contributed by atoms with Gasteiger partial charge >= 0.3 is 11.7 Å². The molecule has 1 unspecified atom stereocenters. The highest BCUT2D eigenvalue weighted by atomic mass is 32.1. The summed E-state index contributed by atoms with van der Waals surface area (Å²) >= 11 is 0.998. The van der Waals surface area contributed by atoms with Crippen molar-refractivity contribution in [1.82, 2.24) is 14.5 Å². The lowest BCUT2D eigenvalue weighted by molar-refractivity contribution is 0.0227. The smallest absolute Gasteiger partial charge is 0.348 e. The van der Waals surface area contributed by atoms with Gasteiger partial charge in [-0.2, -0.15) is 5.26 Å². The van der Waals surface area contributed by atoms with Crippen LogP contribution in [0.3, 0.4) is 0 Å². The number of ether oxygens (including phenoxy) is 3. The Morgan fingerprint density at radius 2 is 1.95 bits per heavy atom. The van der Waals surface area contributed by atoms with E-state index < -0.39 is 35.1 Å². The second kappa shape index (κ2) is 13.2. The number of esters is 1. The Bertz CT molecular complexity index is 1520. The fraction of sp³-hybridized carbons (Fsp3) is 0.500. The molecule has 0 amide bonds. The number of aliphatic hydroxyl groups excluding tert-OH is 1. The number of methoxy groups -OCH3 is 1. The molecule has 40 heavy (non-hydrogen) atoms. The second-order valence-corrected chi connectivity index (χ2v) is 10.6. The Kier molecular flexibility index (Phi) is 10.3.